The molecule has 3 N–H and O–H groups in total. The summed E-state index contributed by atoms with van der Waals surface area (Å²) in [6, 6.07) is 1.85. The van der Waals surface area contributed by atoms with Crippen LogP contribution in [-0.2, 0) is 20.9 Å². The molecule has 0 saturated heterocycles. The van der Waals surface area contributed by atoms with E-state index < -0.39 is 38.2 Å². The third-order valence-electron chi connectivity index (χ3n) is 4.11. The van der Waals surface area contributed by atoms with E-state index in [1.807, 2.05) is 0 Å². The topological polar surface area (TPSA) is 98.5 Å². The van der Waals surface area contributed by atoms with Crippen molar-refractivity contribution in [2.45, 2.75) is 48.8 Å². The number of sulfonamides is 1. The molecule has 0 amide bonds. The molecule has 0 bridgehead atoms. The average Bonchev–Trinajstić information content (AvgIpc) is 2.54. The third kappa shape index (κ3) is 4.71. The van der Waals surface area contributed by atoms with Crippen LogP contribution in [0, 0.1) is 0 Å². The molecular formula is C15H19F3N2O4S. The van der Waals surface area contributed by atoms with Gasteiger partial charge in [-0.3, -0.25) is 0 Å². The molecule has 0 spiro atoms. The molecule has 1 saturated carbocycles. The van der Waals surface area contributed by atoms with E-state index in [2.05, 4.69) is 9.46 Å². The molecular weight excluding hydrogens is 361 g/mol. The highest BCUT2D eigenvalue weighted by atomic mass is 32.2. The van der Waals surface area contributed by atoms with E-state index in [0.717, 1.165) is 19.2 Å². The molecule has 10 heteroatoms. The molecule has 1 aromatic rings. The first-order chi connectivity index (χ1) is 11.5. The fraction of sp³-hybridized carbons (Fsp3) is 0.533. The standard InChI is InChI=1S/C15H19F3N2O4S/c1-24-14(21)12-7-6-11(8-13(12)15(16,17)18)25(22,23)20-10-4-2-9(19)3-5-10/h6-10,20H,2-5,19H2,1H3. The summed E-state index contributed by atoms with van der Waals surface area (Å²) in [7, 11) is -3.21. The fourth-order valence-corrected chi connectivity index (χ4v) is 4.07. The van der Waals surface area contributed by atoms with Gasteiger partial charge in [0.1, 0.15) is 0 Å². The molecule has 0 unspecified atom stereocenters. The second-order valence-corrected chi connectivity index (χ2v) is 7.64. The van der Waals surface area contributed by atoms with Crippen LogP contribution in [0.25, 0.3) is 0 Å². The summed E-state index contributed by atoms with van der Waals surface area (Å²) in [5.41, 5.74) is 3.66. The number of esters is 1. The van der Waals surface area contributed by atoms with E-state index in [1.165, 1.54) is 0 Å². The molecule has 0 aromatic heterocycles. The molecule has 2 rings (SSSR count). The van der Waals surface area contributed by atoms with Gasteiger partial charge < -0.3 is 10.5 Å². The molecule has 0 atom stereocenters. The lowest BCUT2D eigenvalue weighted by Gasteiger charge is -2.26. The lowest BCUT2D eigenvalue weighted by atomic mass is 9.93. The van der Waals surface area contributed by atoms with Crippen LogP contribution in [0.4, 0.5) is 13.2 Å². The van der Waals surface area contributed by atoms with Gasteiger partial charge in [0, 0.05) is 12.1 Å². The molecule has 0 aliphatic heterocycles. The van der Waals surface area contributed by atoms with Crippen molar-refractivity contribution in [3.05, 3.63) is 29.3 Å². The Balaban J connectivity index is 2.33. The summed E-state index contributed by atoms with van der Waals surface area (Å²) in [5.74, 6) is -1.19. The van der Waals surface area contributed by atoms with Crippen LogP contribution < -0.4 is 10.5 Å². The quantitative estimate of drug-likeness (QED) is 0.779. The van der Waals surface area contributed by atoms with E-state index in [-0.39, 0.29) is 12.1 Å². The Labute approximate surface area is 143 Å². The van der Waals surface area contributed by atoms with Gasteiger partial charge in [-0.1, -0.05) is 0 Å². The van der Waals surface area contributed by atoms with Crippen LogP contribution in [0.15, 0.2) is 23.1 Å². The number of methoxy groups -OCH3 is 1. The van der Waals surface area contributed by atoms with Gasteiger partial charge in [0.15, 0.2) is 0 Å². The first kappa shape index (κ1) is 19.7. The van der Waals surface area contributed by atoms with E-state index in [4.69, 9.17) is 5.73 Å². The molecule has 25 heavy (non-hydrogen) atoms. The van der Waals surface area contributed by atoms with Gasteiger partial charge in [-0.2, -0.15) is 13.2 Å². The number of hydrogen-bond acceptors (Lipinski definition) is 5. The predicted octanol–water partition coefficient (Wildman–Crippen LogP) is 2.04. The number of benzene rings is 1. The van der Waals surface area contributed by atoms with E-state index in [9.17, 15) is 26.4 Å². The maximum Gasteiger partial charge on any atom is 0.417 e. The van der Waals surface area contributed by atoms with Gasteiger partial charge in [-0.05, 0) is 43.9 Å². The van der Waals surface area contributed by atoms with Crippen molar-refractivity contribution in [3.63, 3.8) is 0 Å². The second kappa shape index (κ2) is 7.30. The Hall–Kier alpha value is -1.65. The van der Waals surface area contributed by atoms with Crippen molar-refractivity contribution >= 4 is 16.0 Å². The number of nitrogens with one attached hydrogen (secondary N) is 1. The molecule has 1 fully saturated rings. The SMILES string of the molecule is COC(=O)c1ccc(S(=O)(=O)NC2CCC(N)CC2)cc1C(F)(F)F. The molecule has 1 aliphatic rings. The van der Waals surface area contributed by atoms with Crippen LogP contribution >= 0.6 is 0 Å². The van der Waals surface area contributed by atoms with Crippen LogP contribution in [-0.4, -0.2) is 33.6 Å². The van der Waals surface area contributed by atoms with Gasteiger partial charge in [0.25, 0.3) is 0 Å². The van der Waals surface area contributed by atoms with Crippen molar-refractivity contribution in [1.82, 2.24) is 4.72 Å². The van der Waals surface area contributed by atoms with E-state index in [1.54, 1.807) is 0 Å². The normalized spacial score (nSPS) is 21.8. The molecule has 0 radical (unpaired) electrons. The summed E-state index contributed by atoms with van der Waals surface area (Å²) in [6.07, 6.45) is -2.57. The highest BCUT2D eigenvalue weighted by Gasteiger charge is 2.37. The molecule has 1 aliphatic carbocycles. The van der Waals surface area contributed by atoms with Crippen LogP contribution in [0.1, 0.15) is 41.6 Å². The Bertz CT molecular complexity index is 742. The summed E-state index contributed by atoms with van der Waals surface area (Å²) < 4.78 is 71.0. The average molecular weight is 380 g/mol. The lowest BCUT2D eigenvalue weighted by molar-refractivity contribution is -0.138. The number of rotatable bonds is 4. The van der Waals surface area contributed by atoms with Gasteiger partial charge in [0.05, 0.1) is 23.1 Å². The van der Waals surface area contributed by atoms with Crippen LogP contribution in [0.3, 0.4) is 0 Å². The molecule has 6 nitrogen and oxygen atoms in total. The molecule has 1 aromatic carbocycles. The van der Waals surface area contributed by atoms with Gasteiger partial charge in [0.2, 0.25) is 10.0 Å². The van der Waals surface area contributed by atoms with Gasteiger partial charge >= 0.3 is 12.1 Å². The number of halogens is 3. The fourth-order valence-electron chi connectivity index (χ4n) is 2.74. The zero-order valence-electron chi connectivity index (χ0n) is 13.5. The van der Waals surface area contributed by atoms with Crippen LogP contribution in [0.5, 0.6) is 0 Å². The molecule has 0 heterocycles. The Morgan fingerprint density at radius 2 is 1.84 bits per heavy atom. The summed E-state index contributed by atoms with van der Waals surface area (Å²) >= 11 is 0. The lowest BCUT2D eigenvalue weighted by Crippen LogP contribution is -2.40. The predicted molar refractivity (Wildman–Crippen MR) is 83.3 cm³/mol. The van der Waals surface area contributed by atoms with Crippen molar-refractivity contribution in [1.29, 1.82) is 0 Å². The van der Waals surface area contributed by atoms with Crippen molar-refractivity contribution < 1.29 is 31.1 Å². The number of carbonyl (C=O) groups is 1. The van der Waals surface area contributed by atoms with Crippen molar-refractivity contribution in [3.8, 4) is 0 Å². The monoisotopic (exact) mass is 380 g/mol. The minimum Gasteiger partial charge on any atom is -0.465 e. The first-order valence-corrected chi connectivity index (χ1v) is 9.10. The largest absolute Gasteiger partial charge is 0.465 e. The number of nitrogens with two attached hydrogens (primary N) is 1. The Kier molecular flexibility index (Phi) is 5.75. The second-order valence-electron chi connectivity index (χ2n) is 5.93. The highest BCUT2D eigenvalue weighted by molar-refractivity contribution is 7.89. The molecule has 140 valence electrons. The summed E-state index contributed by atoms with van der Waals surface area (Å²) in [5, 5.41) is 0. The van der Waals surface area contributed by atoms with E-state index in [0.29, 0.717) is 31.7 Å². The van der Waals surface area contributed by atoms with E-state index >= 15 is 0 Å². The van der Waals surface area contributed by atoms with Gasteiger partial charge in [-0.25, -0.2) is 17.9 Å². The first-order valence-electron chi connectivity index (χ1n) is 7.62. The zero-order chi connectivity index (χ0) is 18.8. The Morgan fingerprint density at radius 1 is 1.24 bits per heavy atom. The summed E-state index contributed by atoms with van der Waals surface area (Å²) in [6.45, 7) is 0. The van der Waals surface area contributed by atoms with Gasteiger partial charge in [-0.15, -0.1) is 0 Å². The number of ether oxygens (including phenoxy) is 1. The summed E-state index contributed by atoms with van der Waals surface area (Å²) in [4.78, 5) is 10.9. The van der Waals surface area contributed by atoms with Crippen molar-refractivity contribution in [2.24, 2.45) is 5.73 Å². The van der Waals surface area contributed by atoms with Crippen LogP contribution in [0.2, 0.25) is 0 Å². The Morgan fingerprint density at radius 3 is 2.36 bits per heavy atom. The number of hydrogen-bond donors (Lipinski definition) is 2. The minimum absolute atomic E-state index is 0.0110. The number of carbonyl (C=O) groups excluding carboxylic acids is 1. The minimum atomic E-state index is -4.90. The smallest absolute Gasteiger partial charge is 0.417 e. The maximum atomic E-state index is 13.2. The highest BCUT2D eigenvalue weighted by Crippen LogP contribution is 2.34. The maximum absolute atomic E-state index is 13.2. The third-order valence-corrected chi connectivity index (χ3v) is 5.62. The number of alkyl halides is 3. The van der Waals surface area contributed by atoms with Crippen molar-refractivity contribution in [2.75, 3.05) is 7.11 Å². The zero-order valence-corrected chi connectivity index (χ0v) is 14.3.